The molecule has 1 aliphatic rings. The summed E-state index contributed by atoms with van der Waals surface area (Å²) in [6, 6.07) is 0. The van der Waals surface area contributed by atoms with Gasteiger partial charge < -0.3 is 0 Å². The summed E-state index contributed by atoms with van der Waals surface area (Å²) in [7, 11) is 0. The topological polar surface area (TPSA) is 0 Å². The van der Waals surface area contributed by atoms with Crippen LogP contribution in [0.4, 0.5) is 0 Å². The molecule has 1 rings (SSSR count). The monoisotopic (exact) mass is 123 g/mol. The molecule has 0 aromatic rings. The normalized spacial score (nSPS) is 20.3. The molecule has 0 nitrogen and oxygen atoms in total. The Labute approximate surface area is 60.6 Å². The summed E-state index contributed by atoms with van der Waals surface area (Å²) in [5.41, 5.74) is 0. The molecule has 3 radical (unpaired) electrons. The molecular formula is C8H16B. The molecule has 1 fully saturated rings. The number of rotatable bonds is 1. The van der Waals surface area contributed by atoms with E-state index in [0.717, 1.165) is 11.8 Å². The van der Waals surface area contributed by atoms with Crippen molar-refractivity contribution in [1.29, 1.82) is 0 Å². The van der Waals surface area contributed by atoms with E-state index in [2.05, 4.69) is 13.8 Å². The third kappa shape index (κ3) is 2.42. The van der Waals surface area contributed by atoms with Crippen LogP contribution in [0.15, 0.2) is 0 Å². The first-order valence-electron chi connectivity index (χ1n) is 3.80. The summed E-state index contributed by atoms with van der Waals surface area (Å²) in [6.07, 6.45) is 5.97. The smallest absolute Gasteiger partial charge is 0 e. The first-order chi connectivity index (χ1) is 3.80. The molecule has 51 valence electrons. The highest BCUT2D eigenvalue weighted by Crippen LogP contribution is 2.30. The summed E-state index contributed by atoms with van der Waals surface area (Å²) in [5.74, 6) is 2.01. The van der Waals surface area contributed by atoms with E-state index in [-0.39, 0.29) is 8.41 Å². The van der Waals surface area contributed by atoms with Crippen LogP contribution in [0, 0.1) is 11.8 Å². The van der Waals surface area contributed by atoms with Crippen LogP contribution in [0.25, 0.3) is 0 Å². The van der Waals surface area contributed by atoms with E-state index in [1.165, 1.54) is 25.7 Å². The Hall–Kier alpha value is 0.0649. The third-order valence-corrected chi connectivity index (χ3v) is 2.34. The molecular weight excluding hydrogens is 107 g/mol. The van der Waals surface area contributed by atoms with Crippen LogP contribution in [0.2, 0.25) is 0 Å². The van der Waals surface area contributed by atoms with E-state index in [9.17, 15) is 0 Å². The van der Waals surface area contributed by atoms with Gasteiger partial charge in [0.1, 0.15) is 0 Å². The van der Waals surface area contributed by atoms with Gasteiger partial charge in [0.25, 0.3) is 0 Å². The maximum absolute atomic E-state index is 2.34. The molecule has 0 aliphatic heterocycles. The molecule has 0 amide bonds. The lowest BCUT2D eigenvalue weighted by Crippen LogP contribution is -2.01. The van der Waals surface area contributed by atoms with Gasteiger partial charge in [0.15, 0.2) is 0 Å². The second-order valence-corrected chi connectivity index (χ2v) is 3.29. The molecule has 0 unspecified atom stereocenters. The van der Waals surface area contributed by atoms with Crippen molar-refractivity contribution in [2.75, 3.05) is 0 Å². The van der Waals surface area contributed by atoms with Crippen LogP contribution in [-0.2, 0) is 0 Å². The molecule has 0 aromatic carbocycles. The van der Waals surface area contributed by atoms with Crippen LogP contribution in [-0.4, -0.2) is 8.41 Å². The van der Waals surface area contributed by atoms with Crippen LogP contribution in [0.3, 0.4) is 0 Å². The quantitative estimate of drug-likeness (QED) is 0.470. The lowest BCUT2D eigenvalue weighted by Gasteiger charge is -2.11. The minimum Gasteiger partial charge on any atom is -0.0625 e. The van der Waals surface area contributed by atoms with Gasteiger partial charge in [-0.15, -0.1) is 0 Å². The average molecular weight is 123 g/mol. The molecule has 0 N–H and O–H groups in total. The molecule has 0 spiro atoms. The van der Waals surface area contributed by atoms with E-state index < -0.39 is 0 Å². The van der Waals surface area contributed by atoms with Crippen LogP contribution < -0.4 is 0 Å². The molecule has 9 heavy (non-hydrogen) atoms. The van der Waals surface area contributed by atoms with Crippen molar-refractivity contribution in [1.82, 2.24) is 0 Å². The Bertz CT molecular complexity index is 63.0. The summed E-state index contributed by atoms with van der Waals surface area (Å²) in [6.45, 7) is 4.69. The summed E-state index contributed by atoms with van der Waals surface area (Å²) >= 11 is 0. The van der Waals surface area contributed by atoms with E-state index >= 15 is 0 Å². The maximum atomic E-state index is 2.34. The van der Waals surface area contributed by atoms with Gasteiger partial charge in [-0.2, -0.15) is 0 Å². The molecule has 0 atom stereocenters. The first kappa shape index (κ1) is 9.06. The van der Waals surface area contributed by atoms with Gasteiger partial charge in [0.05, 0.1) is 0 Å². The zero-order valence-electron chi connectivity index (χ0n) is 6.56. The summed E-state index contributed by atoms with van der Waals surface area (Å²) in [4.78, 5) is 0. The van der Waals surface area contributed by atoms with Gasteiger partial charge in [0, 0.05) is 8.41 Å². The standard InChI is InChI=1S/C8H16.B/c1-7(2)8-5-3-4-6-8;/h7-8H,3-6H2,1-2H3;. The van der Waals surface area contributed by atoms with Crippen LogP contribution in [0.5, 0.6) is 0 Å². The Morgan fingerprint density at radius 1 is 1.11 bits per heavy atom. The SMILES string of the molecule is CC(C)C1CCCC1.[B]. The molecule has 0 bridgehead atoms. The van der Waals surface area contributed by atoms with Crippen molar-refractivity contribution < 1.29 is 0 Å². The minimum absolute atomic E-state index is 0. The van der Waals surface area contributed by atoms with Crippen LogP contribution in [0.1, 0.15) is 39.5 Å². The van der Waals surface area contributed by atoms with E-state index in [1.54, 1.807) is 0 Å². The Morgan fingerprint density at radius 3 is 1.78 bits per heavy atom. The first-order valence-corrected chi connectivity index (χ1v) is 3.80. The molecule has 0 aromatic heterocycles. The van der Waals surface area contributed by atoms with Crippen molar-refractivity contribution in [2.24, 2.45) is 11.8 Å². The van der Waals surface area contributed by atoms with Gasteiger partial charge in [-0.1, -0.05) is 39.5 Å². The maximum Gasteiger partial charge on any atom is 0 e. The van der Waals surface area contributed by atoms with E-state index in [1.807, 2.05) is 0 Å². The lowest BCUT2D eigenvalue weighted by molar-refractivity contribution is 0.396. The van der Waals surface area contributed by atoms with E-state index in [0.29, 0.717) is 0 Å². The second kappa shape index (κ2) is 3.97. The number of hydrogen-bond donors (Lipinski definition) is 0. The van der Waals surface area contributed by atoms with Crippen molar-refractivity contribution >= 4 is 8.41 Å². The summed E-state index contributed by atoms with van der Waals surface area (Å²) < 4.78 is 0. The van der Waals surface area contributed by atoms with Gasteiger partial charge in [-0.25, -0.2) is 0 Å². The molecule has 0 saturated heterocycles. The van der Waals surface area contributed by atoms with Crippen molar-refractivity contribution in [3.05, 3.63) is 0 Å². The van der Waals surface area contributed by atoms with E-state index in [4.69, 9.17) is 0 Å². The zero-order chi connectivity index (χ0) is 5.98. The molecule has 1 heteroatoms. The Kier molecular flexibility index (Phi) is 4.00. The number of hydrogen-bond acceptors (Lipinski definition) is 0. The predicted molar refractivity (Wildman–Crippen MR) is 42.6 cm³/mol. The highest BCUT2D eigenvalue weighted by molar-refractivity contribution is 5.75. The predicted octanol–water partition coefficient (Wildman–Crippen LogP) is 2.45. The van der Waals surface area contributed by atoms with Gasteiger partial charge in [0.2, 0.25) is 0 Å². The highest BCUT2D eigenvalue weighted by atomic mass is 14.2. The van der Waals surface area contributed by atoms with Gasteiger partial charge >= 0.3 is 0 Å². The Morgan fingerprint density at radius 2 is 1.56 bits per heavy atom. The Balaban J connectivity index is 0.000000640. The summed E-state index contributed by atoms with van der Waals surface area (Å²) in [5, 5.41) is 0. The molecule has 0 heterocycles. The van der Waals surface area contributed by atoms with Gasteiger partial charge in [-0.05, 0) is 11.8 Å². The molecule has 1 saturated carbocycles. The van der Waals surface area contributed by atoms with Crippen molar-refractivity contribution in [3.8, 4) is 0 Å². The second-order valence-electron chi connectivity index (χ2n) is 3.29. The fourth-order valence-electron chi connectivity index (χ4n) is 1.62. The highest BCUT2D eigenvalue weighted by Gasteiger charge is 2.17. The zero-order valence-corrected chi connectivity index (χ0v) is 6.56. The van der Waals surface area contributed by atoms with Gasteiger partial charge in [-0.3, -0.25) is 0 Å². The fraction of sp³-hybridized carbons (Fsp3) is 1.00. The van der Waals surface area contributed by atoms with Crippen LogP contribution >= 0.6 is 0 Å². The molecule has 1 aliphatic carbocycles. The fourth-order valence-corrected chi connectivity index (χ4v) is 1.62. The lowest BCUT2D eigenvalue weighted by atomic mass is 9.95. The third-order valence-electron chi connectivity index (χ3n) is 2.34. The minimum atomic E-state index is 0. The largest absolute Gasteiger partial charge is 0.0625 e. The van der Waals surface area contributed by atoms with Crippen molar-refractivity contribution in [3.63, 3.8) is 0 Å². The van der Waals surface area contributed by atoms with Crippen molar-refractivity contribution in [2.45, 2.75) is 39.5 Å². The average Bonchev–Trinajstić information content (AvgIpc) is 2.12.